The van der Waals surface area contributed by atoms with E-state index in [-0.39, 0.29) is 0 Å². The van der Waals surface area contributed by atoms with Gasteiger partial charge in [0.1, 0.15) is 0 Å². The molecule has 0 spiro atoms. The van der Waals surface area contributed by atoms with Gasteiger partial charge in [0, 0.05) is 37.9 Å². The van der Waals surface area contributed by atoms with Crippen molar-refractivity contribution in [2.24, 2.45) is 11.3 Å². The van der Waals surface area contributed by atoms with Gasteiger partial charge < -0.3 is 14.4 Å². The van der Waals surface area contributed by atoms with Crippen LogP contribution in [0.4, 0.5) is 5.69 Å². The number of unbranched alkanes of at least 4 members (excludes halogenated alkanes) is 1. The second-order valence-corrected chi connectivity index (χ2v) is 10.4. The molecule has 2 aliphatic rings. The van der Waals surface area contributed by atoms with Crippen molar-refractivity contribution in [2.45, 2.75) is 72.1 Å². The highest BCUT2D eigenvalue weighted by Gasteiger charge is 2.32. The molecule has 1 aliphatic carbocycles. The molecule has 0 atom stereocenters. The van der Waals surface area contributed by atoms with E-state index in [0.29, 0.717) is 11.3 Å². The third-order valence-electron chi connectivity index (χ3n) is 7.47. The molecule has 0 radical (unpaired) electrons. The minimum absolute atomic E-state index is 0.417. The van der Waals surface area contributed by atoms with Gasteiger partial charge in [0.15, 0.2) is 11.5 Å². The van der Waals surface area contributed by atoms with Crippen molar-refractivity contribution in [3.8, 4) is 11.5 Å². The van der Waals surface area contributed by atoms with Gasteiger partial charge in [-0.1, -0.05) is 34.1 Å². The Balaban J connectivity index is 1.80. The highest BCUT2D eigenvalue weighted by atomic mass is 16.5. The van der Waals surface area contributed by atoms with E-state index in [1.807, 2.05) is 0 Å². The molecular formula is C26H44N2O2. The van der Waals surface area contributed by atoms with E-state index in [1.165, 1.54) is 56.3 Å². The predicted octanol–water partition coefficient (Wildman–Crippen LogP) is 5.95. The average Bonchev–Trinajstić information content (AvgIpc) is 2.76. The molecule has 0 amide bonds. The summed E-state index contributed by atoms with van der Waals surface area (Å²) in [5.74, 6) is 3.18. The molecule has 1 aromatic rings. The summed E-state index contributed by atoms with van der Waals surface area (Å²) in [6.07, 6.45) is 7.79. The molecule has 1 heterocycles. The lowest BCUT2D eigenvalue weighted by Crippen LogP contribution is -2.47. The molecule has 4 heteroatoms. The van der Waals surface area contributed by atoms with Crippen molar-refractivity contribution < 1.29 is 9.47 Å². The zero-order valence-electron chi connectivity index (χ0n) is 20.3. The summed E-state index contributed by atoms with van der Waals surface area (Å²) in [6.45, 7) is 15.2. The molecule has 30 heavy (non-hydrogen) atoms. The van der Waals surface area contributed by atoms with Gasteiger partial charge in [-0.05, 0) is 67.5 Å². The first kappa shape index (κ1) is 23.2. The Morgan fingerprint density at radius 3 is 2.03 bits per heavy atom. The second kappa shape index (κ2) is 10.3. The van der Waals surface area contributed by atoms with E-state index in [2.05, 4.69) is 49.6 Å². The molecule has 2 fully saturated rings. The number of rotatable bonds is 7. The van der Waals surface area contributed by atoms with Crippen molar-refractivity contribution >= 4 is 5.69 Å². The summed E-state index contributed by atoms with van der Waals surface area (Å²) < 4.78 is 11.4. The third kappa shape index (κ3) is 5.43. The van der Waals surface area contributed by atoms with Crippen molar-refractivity contribution in [3.63, 3.8) is 0 Å². The van der Waals surface area contributed by atoms with Gasteiger partial charge in [-0.25, -0.2) is 0 Å². The molecule has 4 nitrogen and oxygen atoms in total. The van der Waals surface area contributed by atoms with E-state index in [0.717, 1.165) is 43.6 Å². The van der Waals surface area contributed by atoms with Gasteiger partial charge in [-0.15, -0.1) is 0 Å². The number of hydrogen-bond donors (Lipinski definition) is 0. The standard InChI is InChI=1S/C26H44N2O2/c1-7-8-13-27-14-16-28(17-15-27)23-19-25(30-6)24(29-5)18-22(23)20-9-11-21(12-10-20)26(2,3)4/h18-21H,7-17H2,1-6H3. The van der Waals surface area contributed by atoms with E-state index < -0.39 is 0 Å². The summed E-state index contributed by atoms with van der Waals surface area (Å²) >= 11 is 0. The van der Waals surface area contributed by atoms with E-state index in [4.69, 9.17) is 9.47 Å². The normalized spacial score (nSPS) is 23.5. The van der Waals surface area contributed by atoms with Crippen LogP contribution in [-0.2, 0) is 0 Å². The van der Waals surface area contributed by atoms with Crippen LogP contribution < -0.4 is 14.4 Å². The number of methoxy groups -OCH3 is 2. The second-order valence-electron chi connectivity index (χ2n) is 10.4. The monoisotopic (exact) mass is 416 g/mol. The Kier molecular flexibility index (Phi) is 7.95. The first-order valence-corrected chi connectivity index (χ1v) is 12.1. The van der Waals surface area contributed by atoms with Gasteiger partial charge in [0.05, 0.1) is 14.2 Å². The Labute approximate surface area is 184 Å². The number of nitrogens with zero attached hydrogens (tertiary/aromatic N) is 2. The number of hydrogen-bond acceptors (Lipinski definition) is 4. The topological polar surface area (TPSA) is 24.9 Å². The molecule has 0 N–H and O–H groups in total. The third-order valence-corrected chi connectivity index (χ3v) is 7.47. The van der Waals surface area contributed by atoms with Crippen molar-refractivity contribution in [1.29, 1.82) is 0 Å². The maximum absolute atomic E-state index is 5.70. The molecule has 1 aliphatic heterocycles. The van der Waals surface area contributed by atoms with Crippen LogP contribution in [-0.4, -0.2) is 51.8 Å². The SMILES string of the molecule is CCCCN1CCN(c2cc(OC)c(OC)cc2C2CCC(C(C)(C)C)CC2)CC1. The first-order chi connectivity index (χ1) is 14.4. The van der Waals surface area contributed by atoms with E-state index in [1.54, 1.807) is 14.2 Å². The minimum Gasteiger partial charge on any atom is -0.493 e. The fraction of sp³-hybridized carbons (Fsp3) is 0.769. The summed E-state index contributed by atoms with van der Waals surface area (Å²) in [5, 5.41) is 0. The zero-order chi connectivity index (χ0) is 21.7. The molecule has 1 saturated heterocycles. The van der Waals surface area contributed by atoms with Crippen LogP contribution in [0.5, 0.6) is 11.5 Å². The summed E-state index contributed by atoms with van der Waals surface area (Å²) in [4.78, 5) is 5.21. The number of piperazine rings is 1. The first-order valence-electron chi connectivity index (χ1n) is 12.1. The van der Waals surface area contributed by atoms with Gasteiger partial charge in [-0.3, -0.25) is 4.90 Å². The maximum atomic E-state index is 5.70. The van der Waals surface area contributed by atoms with Gasteiger partial charge in [-0.2, -0.15) is 0 Å². The number of ether oxygens (including phenoxy) is 2. The summed E-state index contributed by atoms with van der Waals surface area (Å²) in [7, 11) is 3.50. The molecule has 1 aromatic carbocycles. The number of anilines is 1. The molecule has 3 rings (SSSR count). The van der Waals surface area contributed by atoms with Crippen molar-refractivity contribution in [1.82, 2.24) is 4.90 Å². The van der Waals surface area contributed by atoms with Crippen LogP contribution in [0, 0.1) is 11.3 Å². The number of benzene rings is 1. The largest absolute Gasteiger partial charge is 0.493 e. The Bertz CT molecular complexity index is 666. The Morgan fingerprint density at radius 1 is 0.900 bits per heavy atom. The van der Waals surface area contributed by atoms with Crippen molar-refractivity contribution in [2.75, 3.05) is 51.8 Å². The highest BCUT2D eigenvalue weighted by molar-refractivity contribution is 5.63. The summed E-state index contributed by atoms with van der Waals surface area (Å²) in [5.41, 5.74) is 3.27. The van der Waals surface area contributed by atoms with Crippen LogP contribution in [0.15, 0.2) is 12.1 Å². The fourth-order valence-corrected chi connectivity index (χ4v) is 5.35. The average molecular weight is 417 g/mol. The van der Waals surface area contributed by atoms with Crippen LogP contribution >= 0.6 is 0 Å². The van der Waals surface area contributed by atoms with Gasteiger partial charge in [0.2, 0.25) is 0 Å². The minimum atomic E-state index is 0.417. The highest BCUT2D eigenvalue weighted by Crippen LogP contribution is 2.47. The molecule has 170 valence electrons. The summed E-state index contributed by atoms with van der Waals surface area (Å²) in [6, 6.07) is 4.52. The molecule has 0 bridgehead atoms. The maximum Gasteiger partial charge on any atom is 0.162 e. The van der Waals surface area contributed by atoms with Crippen LogP contribution in [0.2, 0.25) is 0 Å². The van der Waals surface area contributed by atoms with Crippen LogP contribution in [0.25, 0.3) is 0 Å². The van der Waals surface area contributed by atoms with E-state index in [9.17, 15) is 0 Å². The molecular weight excluding hydrogens is 372 g/mol. The predicted molar refractivity (Wildman–Crippen MR) is 127 cm³/mol. The quantitative estimate of drug-likeness (QED) is 0.549. The fourth-order valence-electron chi connectivity index (χ4n) is 5.35. The van der Waals surface area contributed by atoms with Gasteiger partial charge >= 0.3 is 0 Å². The molecule has 0 aromatic heterocycles. The van der Waals surface area contributed by atoms with Crippen LogP contribution in [0.1, 0.15) is 77.7 Å². The lowest BCUT2D eigenvalue weighted by Gasteiger charge is -2.40. The lowest BCUT2D eigenvalue weighted by molar-refractivity contribution is 0.169. The van der Waals surface area contributed by atoms with Crippen molar-refractivity contribution in [3.05, 3.63) is 17.7 Å². The Morgan fingerprint density at radius 2 is 1.50 bits per heavy atom. The smallest absolute Gasteiger partial charge is 0.162 e. The Hall–Kier alpha value is -1.42. The molecule has 1 saturated carbocycles. The zero-order valence-corrected chi connectivity index (χ0v) is 20.3. The van der Waals surface area contributed by atoms with Crippen LogP contribution in [0.3, 0.4) is 0 Å². The lowest BCUT2D eigenvalue weighted by atomic mass is 9.68. The van der Waals surface area contributed by atoms with E-state index >= 15 is 0 Å². The van der Waals surface area contributed by atoms with Gasteiger partial charge in [0.25, 0.3) is 0 Å². The molecule has 0 unspecified atom stereocenters.